The SMILES string of the molecule is CCOCCN1CC[C@@H](Nc2ccccc2)[C@H](C)C1. The Balaban J connectivity index is 1.77. The van der Waals surface area contributed by atoms with Crippen molar-refractivity contribution >= 4 is 5.69 Å². The molecule has 1 heterocycles. The fourth-order valence-electron chi connectivity index (χ4n) is 2.74. The number of ether oxygens (including phenoxy) is 1. The third kappa shape index (κ3) is 4.51. The van der Waals surface area contributed by atoms with E-state index in [9.17, 15) is 0 Å². The Hall–Kier alpha value is -1.06. The van der Waals surface area contributed by atoms with Crippen molar-refractivity contribution in [3.63, 3.8) is 0 Å². The van der Waals surface area contributed by atoms with Crippen molar-refractivity contribution in [2.45, 2.75) is 26.3 Å². The molecule has 1 fully saturated rings. The number of nitrogens with one attached hydrogen (secondary N) is 1. The molecule has 1 aliphatic rings. The molecule has 0 amide bonds. The molecule has 2 rings (SSSR count). The van der Waals surface area contributed by atoms with Crippen molar-refractivity contribution in [2.75, 3.05) is 38.2 Å². The van der Waals surface area contributed by atoms with Gasteiger partial charge >= 0.3 is 0 Å². The average molecular weight is 262 g/mol. The summed E-state index contributed by atoms with van der Waals surface area (Å²) < 4.78 is 5.44. The molecular formula is C16H26N2O. The molecule has 106 valence electrons. The quantitative estimate of drug-likeness (QED) is 0.798. The van der Waals surface area contributed by atoms with Crippen molar-refractivity contribution in [2.24, 2.45) is 5.92 Å². The Kier molecular flexibility index (Phi) is 5.67. The van der Waals surface area contributed by atoms with Crippen LogP contribution in [0, 0.1) is 5.92 Å². The van der Waals surface area contributed by atoms with Crippen LogP contribution in [0.25, 0.3) is 0 Å². The van der Waals surface area contributed by atoms with Gasteiger partial charge in [0.2, 0.25) is 0 Å². The van der Waals surface area contributed by atoms with Crippen molar-refractivity contribution in [1.82, 2.24) is 4.90 Å². The lowest BCUT2D eigenvalue weighted by Crippen LogP contribution is -2.46. The predicted molar refractivity (Wildman–Crippen MR) is 80.6 cm³/mol. The van der Waals surface area contributed by atoms with Gasteiger partial charge in [-0.05, 0) is 31.4 Å². The van der Waals surface area contributed by atoms with E-state index < -0.39 is 0 Å². The molecule has 0 spiro atoms. The molecular weight excluding hydrogens is 236 g/mol. The van der Waals surface area contributed by atoms with E-state index in [2.05, 4.69) is 54.4 Å². The van der Waals surface area contributed by atoms with Gasteiger partial charge in [0.15, 0.2) is 0 Å². The zero-order valence-electron chi connectivity index (χ0n) is 12.1. The van der Waals surface area contributed by atoms with Gasteiger partial charge in [0.25, 0.3) is 0 Å². The number of piperidine rings is 1. The molecule has 0 aliphatic carbocycles. The van der Waals surface area contributed by atoms with Crippen LogP contribution in [0.4, 0.5) is 5.69 Å². The van der Waals surface area contributed by atoms with Crippen LogP contribution in [0.1, 0.15) is 20.3 Å². The molecule has 1 saturated heterocycles. The van der Waals surface area contributed by atoms with Gasteiger partial charge in [0.05, 0.1) is 6.61 Å². The minimum absolute atomic E-state index is 0.589. The molecule has 1 N–H and O–H groups in total. The number of rotatable bonds is 6. The van der Waals surface area contributed by atoms with Gasteiger partial charge < -0.3 is 15.0 Å². The highest BCUT2D eigenvalue weighted by molar-refractivity contribution is 5.43. The van der Waals surface area contributed by atoms with Gasteiger partial charge in [-0.15, -0.1) is 0 Å². The Morgan fingerprint density at radius 3 is 2.79 bits per heavy atom. The van der Waals surface area contributed by atoms with Crippen molar-refractivity contribution < 1.29 is 4.74 Å². The van der Waals surface area contributed by atoms with Crippen LogP contribution in [0.2, 0.25) is 0 Å². The number of nitrogens with zero attached hydrogens (tertiary/aromatic N) is 1. The molecule has 0 aromatic heterocycles. The van der Waals surface area contributed by atoms with Crippen molar-refractivity contribution in [1.29, 1.82) is 0 Å². The Morgan fingerprint density at radius 2 is 2.11 bits per heavy atom. The summed E-state index contributed by atoms with van der Waals surface area (Å²) in [7, 11) is 0. The second-order valence-corrected chi connectivity index (χ2v) is 5.38. The van der Waals surface area contributed by atoms with Crippen LogP contribution in [-0.4, -0.2) is 43.8 Å². The Labute approximate surface area is 116 Å². The Bertz CT molecular complexity index is 355. The van der Waals surface area contributed by atoms with Gasteiger partial charge in [-0.2, -0.15) is 0 Å². The molecule has 1 aliphatic heterocycles. The smallest absolute Gasteiger partial charge is 0.0593 e. The maximum atomic E-state index is 5.44. The third-order valence-electron chi connectivity index (χ3n) is 3.87. The normalized spacial score (nSPS) is 24.3. The first-order valence-electron chi connectivity index (χ1n) is 7.41. The second kappa shape index (κ2) is 7.51. The minimum atomic E-state index is 0.589. The zero-order valence-corrected chi connectivity index (χ0v) is 12.1. The standard InChI is InChI=1S/C16H26N2O/c1-3-19-12-11-18-10-9-16(14(2)13-18)17-15-7-5-4-6-8-15/h4-8,14,16-17H,3,9-13H2,1-2H3/t14-,16-/m1/s1. The lowest BCUT2D eigenvalue weighted by molar-refractivity contribution is 0.0912. The summed E-state index contributed by atoms with van der Waals surface area (Å²) >= 11 is 0. The average Bonchev–Trinajstić information content (AvgIpc) is 2.43. The highest BCUT2D eigenvalue weighted by atomic mass is 16.5. The number of hydrogen-bond donors (Lipinski definition) is 1. The van der Waals surface area contributed by atoms with Crippen molar-refractivity contribution in [3.8, 4) is 0 Å². The first-order valence-corrected chi connectivity index (χ1v) is 7.41. The van der Waals surface area contributed by atoms with E-state index in [1.54, 1.807) is 0 Å². The van der Waals surface area contributed by atoms with Crippen LogP contribution < -0.4 is 5.32 Å². The van der Waals surface area contributed by atoms with Gasteiger partial charge in [0.1, 0.15) is 0 Å². The van der Waals surface area contributed by atoms with E-state index in [1.807, 2.05) is 0 Å². The molecule has 3 nitrogen and oxygen atoms in total. The van der Waals surface area contributed by atoms with Gasteiger partial charge in [-0.25, -0.2) is 0 Å². The fraction of sp³-hybridized carbons (Fsp3) is 0.625. The highest BCUT2D eigenvalue weighted by Crippen LogP contribution is 2.20. The van der Waals surface area contributed by atoms with E-state index in [4.69, 9.17) is 4.74 Å². The fourth-order valence-corrected chi connectivity index (χ4v) is 2.74. The third-order valence-corrected chi connectivity index (χ3v) is 3.87. The maximum Gasteiger partial charge on any atom is 0.0593 e. The van der Waals surface area contributed by atoms with E-state index in [-0.39, 0.29) is 0 Å². The second-order valence-electron chi connectivity index (χ2n) is 5.38. The Morgan fingerprint density at radius 1 is 1.32 bits per heavy atom. The summed E-state index contributed by atoms with van der Waals surface area (Å²) in [6.45, 7) is 9.48. The number of likely N-dealkylation sites (tertiary alicyclic amines) is 1. The van der Waals surface area contributed by atoms with E-state index >= 15 is 0 Å². The first kappa shape index (κ1) is 14.4. The summed E-state index contributed by atoms with van der Waals surface area (Å²) in [6, 6.07) is 11.1. The van der Waals surface area contributed by atoms with Gasteiger partial charge in [-0.3, -0.25) is 0 Å². The summed E-state index contributed by atoms with van der Waals surface area (Å²) in [6.07, 6.45) is 1.21. The topological polar surface area (TPSA) is 24.5 Å². The lowest BCUT2D eigenvalue weighted by atomic mass is 9.93. The summed E-state index contributed by atoms with van der Waals surface area (Å²) in [4.78, 5) is 2.52. The highest BCUT2D eigenvalue weighted by Gasteiger charge is 2.25. The summed E-state index contributed by atoms with van der Waals surface area (Å²) in [5, 5.41) is 3.66. The molecule has 0 bridgehead atoms. The van der Waals surface area contributed by atoms with Crippen LogP contribution in [0.15, 0.2) is 30.3 Å². The maximum absolute atomic E-state index is 5.44. The number of anilines is 1. The monoisotopic (exact) mass is 262 g/mol. The van der Waals surface area contributed by atoms with Gasteiger partial charge in [-0.1, -0.05) is 25.1 Å². The van der Waals surface area contributed by atoms with Gasteiger partial charge in [0, 0.05) is 38.0 Å². The van der Waals surface area contributed by atoms with Crippen LogP contribution in [-0.2, 0) is 4.74 Å². The molecule has 1 aromatic carbocycles. The molecule has 3 heteroatoms. The lowest BCUT2D eigenvalue weighted by Gasteiger charge is -2.37. The van der Waals surface area contributed by atoms with E-state index in [0.29, 0.717) is 12.0 Å². The number of benzene rings is 1. The minimum Gasteiger partial charge on any atom is -0.382 e. The summed E-state index contributed by atoms with van der Waals surface area (Å²) in [5.74, 6) is 0.676. The van der Waals surface area contributed by atoms with Crippen LogP contribution >= 0.6 is 0 Å². The van der Waals surface area contributed by atoms with E-state index in [0.717, 1.165) is 26.3 Å². The molecule has 0 saturated carbocycles. The first-order chi connectivity index (χ1) is 9.29. The van der Waals surface area contributed by atoms with Crippen LogP contribution in [0.5, 0.6) is 0 Å². The predicted octanol–water partition coefficient (Wildman–Crippen LogP) is 2.85. The molecule has 19 heavy (non-hydrogen) atoms. The molecule has 0 radical (unpaired) electrons. The largest absolute Gasteiger partial charge is 0.382 e. The number of hydrogen-bond acceptors (Lipinski definition) is 3. The van der Waals surface area contributed by atoms with E-state index in [1.165, 1.54) is 18.7 Å². The summed E-state index contributed by atoms with van der Waals surface area (Å²) in [5.41, 5.74) is 1.24. The molecule has 1 aromatic rings. The molecule has 0 unspecified atom stereocenters. The zero-order chi connectivity index (χ0) is 13.5. The van der Waals surface area contributed by atoms with Crippen molar-refractivity contribution in [3.05, 3.63) is 30.3 Å². The van der Waals surface area contributed by atoms with Crippen LogP contribution in [0.3, 0.4) is 0 Å². The molecule has 2 atom stereocenters. The number of para-hydroxylation sites is 1.